The summed E-state index contributed by atoms with van der Waals surface area (Å²) in [6.45, 7) is 4.30. The highest BCUT2D eigenvalue weighted by Gasteiger charge is 2.41. The smallest absolute Gasteiger partial charge is 0.147 e. The van der Waals surface area contributed by atoms with Crippen molar-refractivity contribution in [2.24, 2.45) is 0 Å². The summed E-state index contributed by atoms with van der Waals surface area (Å²) >= 11 is 0. The molecule has 1 atom stereocenters. The molecule has 0 aromatic carbocycles. The highest BCUT2D eigenvalue weighted by atomic mass is 16.5. The molecule has 2 aliphatic rings. The van der Waals surface area contributed by atoms with Gasteiger partial charge in [0.25, 0.3) is 0 Å². The van der Waals surface area contributed by atoms with Crippen LogP contribution in [-0.2, 0) is 4.74 Å². The maximum absolute atomic E-state index is 6.30. The number of piperidine rings is 1. The van der Waals surface area contributed by atoms with Gasteiger partial charge in [-0.25, -0.2) is 9.97 Å². The van der Waals surface area contributed by atoms with Gasteiger partial charge in [0.15, 0.2) is 0 Å². The molecule has 4 rings (SSSR count). The molecule has 0 N–H and O–H groups in total. The molecule has 2 aromatic rings. The fraction of sp³-hybridized carbons (Fsp3) is 0.526. The molecule has 0 bridgehead atoms. The van der Waals surface area contributed by atoms with E-state index in [1.807, 2.05) is 26.5 Å². The summed E-state index contributed by atoms with van der Waals surface area (Å²) in [6, 6.07) is 4.23. The van der Waals surface area contributed by atoms with Crippen molar-refractivity contribution in [2.75, 3.05) is 61.6 Å². The number of hydrogen-bond donors (Lipinski definition) is 0. The number of rotatable bonds is 3. The van der Waals surface area contributed by atoms with Gasteiger partial charge in [0.1, 0.15) is 17.2 Å². The van der Waals surface area contributed by atoms with E-state index in [2.05, 4.69) is 41.8 Å². The zero-order valence-electron chi connectivity index (χ0n) is 15.5. The Kier molecular flexibility index (Phi) is 4.63. The minimum absolute atomic E-state index is 0.171. The van der Waals surface area contributed by atoms with Gasteiger partial charge >= 0.3 is 0 Å². The quantitative estimate of drug-likeness (QED) is 0.833. The van der Waals surface area contributed by atoms with E-state index in [0.717, 1.165) is 63.0 Å². The van der Waals surface area contributed by atoms with Crippen LogP contribution in [0.4, 0.5) is 17.3 Å². The monoisotopic (exact) mass is 354 g/mol. The largest absolute Gasteiger partial charge is 0.376 e. The number of morpholine rings is 1. The second kappa shape index (κ2) is 7.07. The van der Waals surface area contributed by atoms with E-state index in [1.165, 1.54) is 0 Å². The SMILES string of the molecule is CN(C)c1ccc(N2CCC[C@@]3(C2)CN(c2cnccn2)CCO3)nc1. The Morgan fingerprint density at radius 3 is 2.54 bits per heavy atom. The molecule has 2 fully saturated rings. The molecule has 0 aliphatic carbocycles. The number of aromatic nitrogens is 3. The van der Waals surface area contributed by atoms with Crippen LogP contribution in [0, 0.1) is 0 Å². The predicted molar refractivity (Wildman–Crippen MR) is 103 cm³/mol. The zero-order valence-corrected chi connectivity index (χ0v) is 15.5. The number of pyridine rings is 1. The van der Waals surface area contributed by atoms with E-state index in [4.69, 9.17) is 4.74 Å². The molecule has 7 heteroatoms. The van der Waals surface area contributed by atoms with Gasteiger partial charge in [-0.15, -0.1) is 0 Å². The highest BCUT2D eigenvalue weighted by Crippen LogP contribution is 2.32. The van der Waals surface area contributed by atoms with Crippen LogP contribution in [0.3, 0.4) is 0 Å². The van der Waals surface area contributed by atoms with Crippen LogP contribution < -0.4 is 14.7 Å². The lowest BCUT2D eigenvalue weighted by Gasteiger charge is -2.48. The number of ether oxygens (including phenoxy) is 1. The third-order valence-corrected chi connectivity index (χ3v) is 5.23. The highest BCUT2D eigenvalue weighted by molar-refractivity contribution is 5.50. The van der Waals surface area contributed by atoms with E-state index in [0.29, 0.717) is 0 Å². The van der Waals surface area contributed by atoms with Crippen LogP contribution in [-0.4, -0.2) is 67.4 Å². The predicted octanol–water partition coefficient (Wildman–Crippen LogP) is 1.81. The molecule has 2 aliphatic heterocycles. The minimum Gasteiger partial charge on any atom is -0.376 e. The summed E-state index contributed by atoms with van der Waals surface area (Å²) in [6.07, 6.45) is 9.40. The second-order valence-corrected chi connectivity index (χ2v) is 7.31. The summed E-state index contributed by atoms with van der Waals surface area (Å²) < 4.78 is 6.30. The lowest BCUT2D eigenvalue weighted by Crippen LogP contribution is -2.60. The lowest BCUT2D eigenvalue weighted by atomic mass is 9.90. The first kappa shape index (κ1) is 17.0. The van der Waals surface area contributed by atoms with Crippen LogP contribution in [0.15, 0.2) is 36.9 Å². The first-order valence-electron chi connectivity index (χ1n) is 9.18. The van der Waals surface area contributed by atoms with Crippen molar-refractivity contribution in [3.63, 3.8) is 0 Å². The van der Waals surface area contributed by atoms with Gasteiger partial charge in [0, 0.05) is 39.6 Å². The van der Waals surface area contributed by atoms with E-state index >= 15 is 0 Å². The molecule has 0 amide bonds. The fourth-order valence-corrected chi connectivity index (χ4v) is 3.87. The minimum atomic E-state index is -0.171. The van der Waals surface area contributed by atoms with Gasteiger partial charge in [0.05, 0.1) is 37.8 Å². The van der Waals surface area contributed by atoms with Gasteiger partial charge in [-0.3, -0.25) is 4.98 Å². The number of hydrogen-bond acceptors (Lipinski definition) is 7. The third-order valence-electron chi connectivity index (χ3n) is 5.23. The molecular formula is C19H26N6O. The molecule has 26 heavy (non-hydrogen) atoms. The maximum Gasteiger partial charge on any atom is 0.147 e. The van der Waals surface area contributed by atoms with E-state index < -0.39 is 0 Å². The van der Waals surface area contributed by atoms with Crippen molar-refractivity contribution in [3.05, 3.63) is 36.9 Å². The Labute approximate surface area is 154 Å². The van der Waals surface area contributed by atoms with Crippen molar-refractivity contribution in [1.29, 1.82) is 0 Å². The van der Waals surface area contributed by atoms with Crippen molar-refractivity contribution in [1.82, 2.24) is 15.0 Å². The van der Waals surface area contributed by atoms with Gasteiger partial charge < -0.3 is 19.4 Å². The average Bonchev–Trinajstić information content (AvgIpc) is 2.69. The van der Waals surface area contributed by atoms with Crippen molar-refractivity contribution < 1.29 is 4.74 Å². The molecule has 1 spiro atoms. The Balaban J connectivity index is 1.50. The average molecular weight is 354 g/mol. The first-order valence-corrected chi connectivity index (χ1v) is 9.18. The van der Waals surface area contributed by atoms with Gasteiger partial charge in [-0.1, -0.05) is 0 Å². The van der Waals surface area contributed by atoms with Crippen LogP contribution in [0.2, 0.25) is 0 Å². The second-order valence-electron chi connectivity index (χ2n) is 7.31. The number of anilines is 3. The summed E-state index contributed by atoms with van der Waals surface area (Å²) in [7, 11) is 4.06. The summed E-state index contributed by atoms with van der Waals surface area (Å²) in [5.74, 6) is 1.95. The Morgan fingerprint density at radius 1 is 1.00 bits per heavy atom. The molecule has 0 unspecified atom stereocenters. The summed E-state index contributed by atoms with van der Waals surface area (Å²) in [4.78, 5) is 20.1. The molecule has 4 heterocycles. The summed E-state index contributed by atoms with van der Waals surface area (Å²) in [5.41, 5.74) is 0.943. The van der Waals surface area contributed by atoms with Gasteiger partial charge in [-0.05, 0) is 25.0 Å². The zero-order chi connectivity index (χ0) is 18.0. The van der Waals surface area contributed by atoms with Crippen molar-refractivity contribution in [2.45, 2.75) is 18.4 Å². The van der Waals surface area contributed by atoms with E-state index in [-0.39, 0.29) is 5.60 Å². The Morgan fingerprint density at radius 2 is 1.85 bits per heavy atom. The Bertz CT molecular complexity index is 719. The van der Waals surface area contributed by atoms with Crippen molar-refractivity contribution >= 4 is 17.3 Å². The summed E-state index contributed by atoms with van der Waals surface area (Å²) in [5, 5.41) is 0. The first-order chi connectivity index (χ1) is 12.7. The molecule has 138 valence electrons. The fourth-order valence-electron chi connectivity index (χ4n) is 3.87. The molecule has 0 saturated carbocycles. The van der Waals surface area contributed by atoms with Crippen LogP contribution in [0.5, 0.6) is 0 Å². The van der Waals surface area contributed by atoms with Gasteiger partial charge in [-0.2, -0.15) is 0 Å². The standard InChI is InChI=1S/C19H26N6O/c1-23(2)16-4-5-17(22-12-16)24-9-3-6-19(14-24)15-25(10-11-26-19)18-13-20-7-8-21-18/h4-5,7-8,12-13H,3,6,9-11,14-15H2,1-2H3/t19-/m1/s1. The van der Waals surface area contributed by atoms with E-state index in [1.54, 1.807) is 12.4 Å². The molecule has 2 saturated heterocycles. The normalized spacial score (nSPS) is 23.3. The third kappa shape index (κ3) is 3.44. The van der Waals surface area contributed by atoms with E-state index in [9.17, 15) is 0 Å². The molecule has 0 radical (unpaired) electrons. The van der Waals surface area contributed by atoms with Crippen molar-refractivity contribution in [3.8, 4) is 0 Å². The van der Waals surface area contributed by atoms with Gasteiger partial charge in [0.2, 0.25) is 0 Å². The topological polar surface area (TPSA) is 57.6 Å². The molecule has 7 nitrogen and oxygen atoms in total. The molecule has 2 aromatic heterocycles. The van der Waals surface area contributed by atoms with Crippen LogP contribution in [0.25, 0.3) is 0 Å². The van der Waals surface area contributed by atoms with Crippen LogP contribution >= 0.6 is 0 Å². The number of nitrogens with zero attached hydrogens (tertiary/aromatic N) is 6. The maximum atomic E-state index is 6.30. The molecular weight excluding hydrogens is 328 g/mol. The lowest BCUT2D eigenvalue weighted by molar-refractivity contribution is -0.0632. The Hall–Kier alpha value is -2.41. The van der Waals surface area contributed by atoms with Crippen LogP contribution in [0.1, 0.15) is 12.8 Å².